The third-order valence-corrected chi connectivity index (χ3v) is 10.8. The molecule has 0 saturated carbocycles. The highest BCUT2D eigenvalue weighted by Crippen LogP contribution is 2.47. The molecule has 296 valence electrons. The molecule has 0 bridgehead atoms. The number of ether oxygens (including phenoxy) is 1. The maximum absolute atomic E-state index is 12.5. The van der Waals surface area contributed by atoms with E-state index in [-0.39, 0.29) is 35.1 Å². The number of nitrogens with one attached hydrogen (secondary N) is 1. The number of nitrogens with two attached hydrogens (primary N) is 1. The third-order valence-electron chi connectivity index (χ3n) is 8.39. The zero-order valence-electron chi connectivity index (χ0n) is 29.6. The summed E-state index contributed by atoms with van der Waals surface area (Å²) in [5, 5.41) is 13.5. The fourth-order valence-electron chi connectivity index (χ4n) is 5.69. The van der Waals surface area contributed by atoms with Gasteiger partial charge >= 0.3 is 15.6 Å². The van der Waals surface area contributed by atoms with Gasteiger partial charge in [0.2, 0.25) is 5.91 Å². The summed E-state index contributed by atoms with van der Waals surface area (Å²) >= 11 is 1.16. The highest BCUT2D eigenvalue weighted by atomic mass is 32.2. The Bertz CT molecular complexity index is 1480. The van der Waals surface area contributed by atoms with Crippen molar-refractivity contribution in [1.29, 1.82) is 0 Å². The minimum absolute atomic E-state index is 0.0376. The van der Waals surface area contributed by atoms with Crippen molar-refractivity contribution in [2.45, 2.75) is 128 Å². The van der Waals surface area contributed by atoms with Crippen LogP contribution in [0.15, 0.2) is 12.7 Å². The number of anilines is 1. The molecule has 2 aromatic heterocycles. The number of rotatable bonds is 27. The van der Waals surface area contributed by atoms with Crippen molar-refractivity contribution in [3.63, 3.8) is 0 Å². The molecule has 5 unspecified atom stereocenters. The van der Waals surface area contributed by atoms with E-state index in [1.807, 2.05) is 0 Å². The molecule has 3 heterocycles. The topological polar surface area (TPSA) is 268 Å². The van der Waals surface area contributed by atoms with E-state index in [4.69, 9.17) is 24.0 Å². The lowest BCUT2D eigenvalue weighted by Gasteiger charge is -2.21. The van der Waals surface area contributed by atoms with Crippen LogP contribution in [0.2, 0.25) is 0 Å². The molecule has 5 atom stereocenters. The Morgan fingerprint density at radius 2 is 1.58 bits per heavy atom. The second kappa shape index (κ2) is 23.0. The molecule has 1 aliphatic rings. The van der Waals surface area contributed by atoms with Crippen LogP contribution in [0.5, 0.6) is 0 Å². The fraction of sp³-hybridized carbons (Fsp3) is 0.774. The van der Waals surface area contributed by atoms with E-state index >= 15 is 0 Å². The van der Waals surface area contributed by atoms with E-state index in [1.54, 1.807) is 0 Å². The van der Waals surface area contributed by atoms with E-state index in [1.165, 1.54) is 75.1 Å². The highest BCUT2D eigenvalue weighted by Gasteiger charge is 2.49. The summed E-state index contributed by atoms with van der Waals surface area (Å²) in [6.07, 6.45) is 12.4. The van der Waals surface area contributed by atoms with Crippen molar-refractivity contribution in [2.24, 2.45) is 0 Å². The molecule has 0 radical (unpaired) electrons. The Labute approximate surface area is 308 Å². The maximum Gasteiger partial charge on any atom is 0.472 e. The van der Waals surface area contributed by atoms with Crippen LogP contribution in [-0.4, -0.2) is 94.2 Å². The van der Waals surface area contributed by atoms with E-state index in [0.29, 0.717) is 12.2 Å². The van der Waals surface area contributed by atoms with Gasteiger partial charge in [0.05, 0.1) is 26.0 Å². The fourth-order valence-corrected chi connectivity index (χ4v) is 7.72. The van der Waals surface area contributed by atoms with Gasteiger partial charge in [-0.25, -0.2) is 24.1 Å². The van der Waals surface area contributed by atoms with Crippen LogP contribution in [0.4, 0.5) is 5.82 Å². The van der Waals surface area contributed by atoms with Crippen molar-refractivity contribution < 1.29 is 56.8 Å². The van der Waals surface area contributed by atoms with Crippen LogP contribution >= 0.6 is 27.4 Å². The molecular weight excluding hydrogens is 742 g/mol. The number of hydrogen-bond donors (Lipinski definition) is 6. The van der Waals surface area contributed by atoms with Gasteiger partial charge in [0.25, 0.3) is 0 Å². The predicted molar refractivity (Wildman–Crippen MR) is 194 cm³/mol. The van der Waals surface area contributed by atoms with Crippen LogP contribution < -0.4 is 11.1 Å². The number of nitrogens with zero attached hydrogens (tertiary/aromatic N) is 4. The minimum atomic E-state index is -5.17. The van der Waals surface area contributed by atoms with Gasteiger partial charge in [0.15, 0.2) is 22.8 Å². The van der Waals surface area contributed by atoms with Gasteiger partial charge in [-0.2, -0.15) is 0 Å². The number of fused-ring (bicyclic) bond motifs is 1. The summed E-state index contributed by atoms with van der Waals surface area (Å²) in [6, 6.07) is 0. The second-order valence-electron chi connectivity index (χ2n) is 12.6. The molecule has 18 nitrogen and oxygen atoms in total. The normalized spacial score (nSPS) is 20.3. The van der Waals surface area contributed by atoms with Crippen molar-refractivity contribution >= 4 is 55.4 Å². The number of carbonyl (C=O) groups excluding carboxylic acids is 2. The second-order valence-corrected chi connectivity index (χ2v) is 16.4. The van der Waals surface area contributed by atoms with Crippen LogP contribution in [0.1, 0.15) is 109 Å². The van der Waals surface area contributed by atoms with Gasteiger partial charge in [-0.05, 0) is 6.42 Å². The molecule has 7 N–H and O–H groups in total. The number of unbranched alkanes of at least 4 members (excludes halogenated alkanes) is 12. The summed E-state index contributed by atoms with van der Waals surface area (Å²) in [4.78, 5) is 65.2. The van der Waals surface area contributed by atoms with Crippen LogP contribution in [0, 0.1) is 0 Å². The Balaban J connectivity index is 1.27. The Morgan fingerprint density at radius 3 is 2.21 bits per heavy atom. The first-order valence-corrected chi connectivity index (χ1v) is 21.9. The number of aromatic nitrogens is 4. The Kier molecular flexibility index (Phi) is 19.6. The van der Waals surface area contributed by atoms with Crippen LogP contribution in [0.3, 0.4) is 0 Å². The summed E-state index contributed by atoms with van der Waals surface area (Å²) in [5.74, 6) is -0.0374. The Morgan fingerprint density at radius 1 is 0.942 bits per heavy atom. The monoisotopic (exact) mass is 796 g/mol. The molecule has 1 fully saturated rings. The lowest BCUT2D eigenvalue weighted by atomic mass is 10.0. The summed E-state index contributed by atoms with van der Waals surface area (Å²) in [5.41, 5.74) is 6.11. The first-order valence-electron chi connectivity index (χ1n) is 17.9. The molecule has 1 saturated heterocycles. The number of imidazole rings is 1. The van der Waals surface area contributed by atoms with E-state index < -0.39 is 59.3 Å². The first-order chi connectivity index (χ1) is 24.8. The van der Waals surface area contributed by atoms with Gasteiger partial charge < -0.3 is 35.6 Å². The number of carbonyl (C=O) groups is 2. The molecule has 2 aromatic rings. The molecule has 0 aromatic carbocycles. The Hall–Kier alpha value is -2.02. The van der Waals surface area contributed by atoms with Crippen LogP contribution in [0.25, 0.3) is 11.2 Å². The van der Waals surface area contributed by atoms with Gasteiger partial charge in [0.1, 0.15) is 30.2 Å². The van der Waals surface area contributed by atoms with E-state index in [0.717, 1.165) is 37.4 Å². The van der Waals surface area contributed by atoms with Gasteiger partial charge in [-0.1, -0.05) is 95.7 Å². The molecule has 0 spiro atoms. The van der Waals surface area contributed by atoms with Gasteiger partial charge in [-0.15, -0.1) is 0 Å². The number of phosphoric ester groups is 2. The number of phosphoric acid groups is 2. The molecule has 3 rings (SSSR count). The molecular formula is C31H54N6O12P2S. The number of aliphatic hydroxyl groups excluding tert-OH is 1. The quantitative estimate of drug-likeness (QED) is 0.0536. The van der Waals surface area contributed by atoms with Crippen molar-refractivity contribution in [1.82, 2.24) is 24.8 Å². The largest absolute Gasteiger partial charge is 0.472 e. The highest BCUT2D eigenvalue weighted by molar-refractivity contribution is 8.13. The zero-order chi connectivity index (χ0) is 38.0. The summed E-state index contributed by atoms with van der Waals surface area (Å²) in [6.45, 7) is 1.17. The minimum Gasteiger partial charge on any atom is -0.386 e. The SMILES string of the molecule is CCCCCCCCCCCCCCCC(=O)SCCNC(=O)CCOP(=O)(O)OCC1OC(n2cnc3c(N)ncnc32)C(O)C1OP(=O)(O)O. The molecule has 1 amide bonds. The molecule has 21 heteroatoms. The zero-order valence-corrected chi connectivity index (χ0v) is 32.2. The number of nitrogen functional groups attached to an aromatic ring is 1. The van der Waals surface area contributed by atoms with Crippen LogP contribution in [-0.2, 0) is 37.0 Å². The van der Waals surface area contributed by atoms with Gasteiger partial charge in [-0.3, -0.25) is 27.7 Å². The maximum atomic E-state index is 12.5. The number of amides is 1. The van der Waals surface area contributed by atoms with Gasteiger partial charge in [0, 0.05) is 18.7 Å². The molecule has 1 aliphatic heterocycles. The smallest absolute Gasteiger partial charge is 0.386 e. The lowest BCUT2D eigenvalue weighted by Crippen LogP contribution is -2.35. The molecule has 52 heavy (non-hydrogen) atoms. The lowest BCUT2D eigenvalue weighted by molar-refractivity contribution is -0.121. The number of aliphatic hydroxyl groups is 1. The average molecular weight is 797 g/mol. The van der Waals surface area contributed by atoms with Crippen molar-refractivity contribution in [2.75, 3.05) is 31.2 Å². The number of hydrogen-bond acceptors (Lipinski definition) is 14. The van der Waals surface area contributed by atoms with E-state index in [2.05, 4.69) is 27.2 Å². The summed E-state index contributed by atoms with van der Waals surface area (Å²) < 4.78 is 45.6. The third kappa shape index (κ3) is 16.1. The standard InChI is InChI=1S/C31H54N6O12P2S/c1-2-3-4-5-6-7-8-9-10-11-12-13-14-15-25(39)52-19-17-33-24(38)16-18-46-51(44,45)47-20-23-28(49-50(41,42)43)27(40)31(48-23)37-22-36-26-29(32)34-21-35-30(26)37/h21-23,27-28,31,40H,2-20H2,1H3,(H,33,38)(H,44,45)(H2,32,34,35)(H2,41,42,43). The first kappa shape index (κ1) is 44.4. The summed E-state index contributed by atoms with van der Waals surface area (Å²) in [7, 11) is -9.96. The predicted octanol–water partition coefficient (Wildman–Crippen LogP) is 4.53. The average Bonchev–Trinajstić information content (AvgIpc) is 3.64. The molecule has 0 aliphatic carbocycles. The van der Waals surface area contributed by atoms with Crippen molar-refractivity contribution in [3.05, 3.63) is 12.7 Å². The van der Waals surface area contributed by atoms with Crippen molar-refractivity contribution in [3.8, 4) is 0 Å². The number of thioether (sulfide) groups is 1. The van der Waals surface area contributed by atoms with E-state index in [9.17, 15) is 38.5 Å².